The number of rotatable bonds is 4. The fourth-order valence-electron chi connectivity index (χ4n) is 2.10. The summed E-state index contributed by atoms with van der Waals surface area (Å²) >= 11 is 0. The third-order valence-corrected chi connectivity index (χ3v) is 3.07. The van der Waals surface area contributed by atoms with E-state index in [-0.39, 0.29) is 6.54 Å². The minimum absolute atomic E-state index is 0.121. The van der Waals surface area contributed by atoms with Gasteiger partial charge in [0.1, 0.15) is 12.1 Å². The van der Waals surface area contributed by atoms with Crippen molar-refractivity contribution in [1.82, 2.24) is 4.90 Å². The van der Waals surface area contributed by atoms with Gasteiger partial charge in [0.15, 0.2) is 5.76 Å². The lowest BCUT2D eigenvalue weighted by atomic mass is 10.1. The first-order valence-electron chi connectivity index (χ1n) is 5.82. The molecule has 102 valence electrons. The summed E-state index contributed by atoms with van der Waals surface area (Å²) in [6.45, 7) is -0.504. The molecule has 2 atom stereocenters. The summed E-state index contributed by atoms with van der Waals surface area (Å²) in [5, 5.41) is 37.8. The quantitative estimate of drug-likeness (QED) is 0.617. The monoisotopic (exact) mass is 265 g/mol. The van der Waals surface area contributed by atoms with E-state index in [9.17, 15) is 20.1 Å². The Hall–Kier alpha value is -2.05. The second-order valence-electron chi connectivity index (χ2n) is 4.35. The predicted molar refractivity (Wildman–Crippen MR) is 66.2 cm³/mol. The minimum Gasteiger partial charge on any atom is -0.506 e. The van der Waals surface area contributed by atoms with Gasteiger partial charge >= 0.3 is 0 Å². The molecule has 4 N–H and O–H groups in total. The molecule has 0 aromatic heterocycles. The van der Waals surface area contributed by atoms with Gasteiger partial charge in [-0.25, -0.2) is 0 Å². The molecule has 19 heavy (non-hydrogen) atoms. The Labute approximate surface area is 109 Å². The van der Waals surface area contributed by atoms with Crippen LogP contribution in [-0.4, -0.2) is 50.0 Å². The van der Waals surface area contributed by atoms with Gasteiger partial charge in [-0.2, -0.15) is 0 Å². The number of aliphatic hydroxyl groups excluding tert-OH is 4. The van der Waals surface area contributed by atoms with Gasteiger partial charge in [0, 0.05) is 6.54 Å². The summed E-state index contributed by atoms with van der Waals surface area (Å²) in [5.74, 6) is -2.16. The minimum atomic E-state index is -1.35. The summed E-state index contributed by atoms with van der Waals surface area (Å²) < 4.78 is 0. The largest absolute Gasteiger partial charge is 0.506 e. The van der Waals surface area contributed by atoms with Gasteiger partial charge < -0.3 is 25.3 Å². The van der Waals surface area contributed by atoms with E-state index in [0.29, 0.717) is 0 Å². The zero-order valence-electron chi connectivity index (χ0n) is 10.1. The third-order valence-electron chi connectivity index (χ3n) is 3.07. The summed E-state index contributed by atoms with van der Waals surface area (Å²) in [7, 11) is 0. The molecule has 1 aromatic carbocycles. The topological polar surface area (TPSA) is 101 Å². The Morgan fingerprint density at radius 1 is 1.21 bits per heavy atom. The zero-order valence-corrected chi connectivity index (χ0v) is 10.1. The van der Waals surface area contributed by atoms with Crippen LogP contribution in [-0.2, 0) is 11.3 Å². The van der Waals surface area contributed by atoms with Crippen LogP contribution in [0, 0.1) is 0 Å². The van der Waals surface area contributed by atoms with Gasteiger partial charge in [-0.3, -0.25) is 4.79 Å². The van der Waals surface area contributed by atoms with E-state index < -0.39 is 36.2 Å². The summed E-state index contributed by atoms with van der Waals surface area (Å²) in [6.07, 6.45) is -1.35. The smallest absolute Gasteiger partial charge is 0.293 e. The van der Waals surface area contributed by atoms with Gasteiger partial charge in [-0.1, -0.05) is 30.3 Å². The van der Waals surface area contributed by atoms with E-state index in [4.69, 9.17) is 5.11 Å². The molecular weight excluding hydrogens is 250 g/mol. The number of nitrogens with zero attached hydrogens (tertiary/aromatic N) is 1. The number of hydrogen-bond donors (Lipinski definition) is 4. The van der Waals surface area contributed by atoms with Crippen LogP contribution in [0.2, 0.25) is 0 Å². The van der Waals surface area contributed by atoms with Crippen molar-refractivity contribution in [3.8, 4) is 0 Å². The van der Waals surface area contributed by atoms with E-state index in [1.54, 1.807) is 24.3 Å². The maximum absolute atomic E-state index is 11.8. The van der Waals surface area contributed by atoms with Gasteiger partial charge in [-0.05, 0) is 5.56 Å². The van der Waals surface area contributed by atoms with Crippen molar-refractivity contribution >= 4 is 5.91 Å². The highest BCUT2D eigenvalue weighted by Crippen LogP contribution is 2.26. The van der Waals surface area contributed by atoms with E-state index >= 15 is 0 Å². The number of benzene rings is 1. The van der Waals surface area contributed by atoms with Gasteiger partial charge in [0.05, 0.1) is 6.61 Å². The normalized spacial score (nSPS) is 21.1. The number of aliphatic hydroxyl groups is 4. The molecule has 0 radical (unpaired) electrons. The predicted octanol–water partition coefficient (Wildman–Crippen LogP) is 0.0782. The second-order valence-corrected chi connectivity index (χ2v) is 4.35. The molecule has 2 rings (SSSR count). The molecule has 0 saturated heterocycles. The average Bonchev–Trinajstić information content (AvgIpc) is 2.64. The van der Waals surface area contributed by atoms with Crippen molar-refractivity contribution in [3.05, 3.63) is 47.4 Å². The Kier molecular flexibility index (Phi) is 3.73. The molecule has 0 unspecified atom stereocenters. The zero-order chi connectivity index (χ0) is 14.0. The van der Waals surface area contributed by atoms with Crippen molar-refractivity contribution in [2.24, 2.45) is 0 Å². The van der Waals surface area contributed by atoms with Crippen LogP contribution in [0.5, 0.6) is 0 Å². The Bertz CT molecular complexity index is 499. The lowest BCUT2D eigenvalue weighted by molar-refractivity contribution is -0.132. The van der Waals surface area contributed by atoms with Crippen LogP contribution in [0.4, 0.5) is 0 Å². The van der Waals surface area contributed by atoms with Crippen LogP contribution >= 0.6 is 0 Å². The number of carbonyl (C=O) groups is 1. The van der Waals surface area contributed by atoms with Gasteiger partial charge in [-0.15, -0.1) is 0 Å². The SMILES string of the molecule is O=C1C(O)=C(O)[C@@H]([C@H](O)CO)N1Cc1ccccc1. The van der Waals surface area contributed by atoms with Gasteiger partial charge in [0.25, 0.3) is 5.91 Å². The first-order chi connectivity index (χ1) is 9.06. The average molecular weight is 265 g/mol. The van der Waals surface area contributed by atoms with Crippen molar-refractivity contribution in [2.75, 3.05) is 6.61 Å². The number of hydrogen-bond acceptors (Lipinski definition) is 5. The van der Waals surface area contributed by atoms with Crippen molar-refractivity contribution in [3.63, 3.8) is 0 Å². The van der Waals surface area contributed by atoms with Crippen LogP contribution in [0.3, 0.4) is 0 Å². The second kappa shape index (κ2) is 5.29. The van der Waals surface area contributed by atoms with E-state index in [1.807, 2.05) is 6.07 Å². The molecule has 1 aromatic rings. The van der Waals surface area contributed by atoms with Crippen LogP contribution in [0.25, 0.3) is 0 Å². The summed E-state index contributed by atoms with van der Waals surface area (Å²) in [5.41, 5.74) is 0.786. The van der Waals surface area contributed by atoms with Crippen molar-refractivity contribution in [1.29, 1.82) is 0 Å². The van der Waals surface area contributed by atoms with E-state index in [1.165, 1.54) is 0 Å². The molecule has 0 fully saturated rings. The van der Waals surface area contributed by atoms with Crippen molar-refractivity contribution < 1.29 is 25.2 Å². The molecular formula is C13H15NO5. The molecule has 1 aliphatic heterocycles. The molecule has 0 saturated carbocycles. The molecule has 0 bridgehead atoms. The standard InChI is InChI=1S/C13H15NO5/c15-7-9(16)10-11(17)12(18)13(19)14(10)6-8-4-2-1-3-5-8/h1-5,9-10,15-18H,6-7H2/t9-,10-/m1/s1. The molecule has 6 heteroatoms. The summed E-state index contributed by atoms with van der Waals surface area (Å²) in [4.78, 5) is 12.9. The molecule has 1 amide bonds. The highest BCUT2D eigenvalue weighted by Gasteiger charge is 2.43. The lowest BCUT2D eigenvalue weighted by Gasteiger charge is -2.27. The maximum Gasteiger partial charge on any atom is 0.293 e. The van der Waals surface area contributed by atoms with E-state index in [0.717, 1.165) is 10.5 Å². The fraction of sp³-hybridized carbons (Fsp3) is 0.308. The summed E-state index contributed by atoms with van der Waals surface area (Å²) in [6, 6.07) is 7.84. The molecule has 0 spiro atoms. The highest BCUT2D eigenvalue weighted by molar-refractivity contribution is 5.94. The third kappa shape index (κ3) is 2.40. The highest BCUT2D eigenvalue weighted by atomic mass is 16.3. The Morgan fingerprint density at radius 2 is 1.84 bits per heavy atom. The molecule has 0 aliphatic carbocycles. The van der Waals surface area contributed by atoms with Crippen LogP contribution < -0.4 is 0 Å². The lowest BCUT2D eigenvalue weighted by Crippen LogP contribution is -2.44. The molecule has 1 heterocycles. The number of carbonyl (C=O) groups excluding carboxylic acids is 1. The first kappa shape index (κ1) is 13.4. The molecule has 6 nitrogen and oxygen atoms in total. The maximum atomic E-state index is 11.8. The molecule has 1 aliphatic rings. The fourth-order valence-corrected chi connectivity index (χ4v) is 2.10. The Morgan fingerprint density at radius 3 is 2.42 bits per heavy atom. The number of amides is 1. The van der Waals surface area contributed by atoms with Crippen LogP contribution in [0.1, 0.15) is 5.56 Å². The van der Waals surface area contributed by atoms with E-state index in [2.05, 4.69) is 0 Å². The van der Waals surface area contributed by atoms with Gasteiger partial charge in [0.2, 0.25) is 5.76 Å². The van der Waals surface area contributed by atoms with Crippen molar-refractivity contribution in [2.45, 2.75) is 18.7 Å². The van der Waals surface area contributed by atoms with Crippen LogP contribution in [0.15, 0.2) is 41.9 Å². The first-order valence-corrected chi connectivity index (χ1v) is 5.82. The Balaban J connectivity index is 2.26.